The zero-order valence-electron chi connectivity index (χ0n) is 13.2. The largest absolute Gasteiger partial charge is 0.372 e. The van der Waals surface area contributed by atoms with Gasteiger partial charge in [-0.05, 0) is 44.1 Å². The molecule has 116 valence electrons. The quantitative estimate of drug-likeness (QED) is 0.757. The van der Waals surface area contributed by atoms with Crippen molar-refractivity contribution in [2.24, 2.45) is 5.41 Å². The molecule has 3 aliphatic rings. The van der Waals surface area contributed by atoms with Gasteiger partial charge >= 0.3 is 0 Å². The monoisotopic (exact) mass is 280 g/mol. The van der Waals surface area contributed by atoms with Crippen molar-refractivity contribution in [3.63, 3.8) is 0 Å². The lowest BCUT2D eigenvalue weighted by molar-refractivity contribution is -0.0541. The summed E-state index contributed by atoms with van der Waals surface area (Å²) in [4.78, 5) is 2.73. The molecule has 1 saturated carbocycles. The van der Waals surface area contributed by atoms with Crippen LogP contribution in [-0.4, -0.2) is 49.8 Å². The Hall–Kier alpha value is -0.120. The maximum Gasteiger partial charge on any atom is 0.0707 e. The highest BCUT2D eigenvalue weighted by atomic mass is 16.5. The first-order chi connectivity index (χ1) is 9.80. The molecule has 0 aromatic carbocycles. The van der Waals surface area contributed by atoms with E-state index in [1.165, 1.54) is 84.1 Å². The first kappa shape index (κ1) is 14.8. The minimum atomic E-state index is 0.540. The van der Waals surface area contributed by atoms with Crippen LogP contribution in [0.25, 0.3) is 0 Å². The zero-order chi connectivity index (χ0) is 13.8. The Labute approximate surface area is 124 Å². The standard InChI is InChI=1S/C17H32N2O/c1-2-10-18-13-17(8-4-3-5-9-17)14-19-11-15-6-7-16(12-19)20-15/h15-16,18H,2-14H2,1H3. The molecule has 3 fully saturated rings. The van der Waals surface area contributed by atoms with Crippen LogP contribution >= 0.6 is 0 Å². The molecule has 2 atom stereocenters. The lowest BCUT2D eigenvalue weighted by atomic mass is 9.73. The van der Waals surface area contributed by atoms with Gasteiger partial charge < -0.3 is 10.1 Å². The second kappa shape index (κ2) is 6.76. The highest BCUT2D eigenvalue weighted by molar-refractivity contribution is 4.92. The number of morpholine rings is 1. The number of ether oxygens (including phenoxy) is 1. The molecule has 0 aromatic heterocycles. The Bertz CT molecular complexity index is 289. The van der Waals surface area contributed by atoms with Crippen LogP contribution in [0.15, 0.2) is 0 Å². The van der Waals surface area contributed by atoms with Gasteiger partial charge in [0.2, 0.25) is 0 Å². The molecule has 0 radical (unpaired) electrons. The number of rotatable bonds is 6. The average Bonchev–Trinajstić information content (AvgIpc) is 2.79. The van der Waals surface area contributed by atoms with Crippen LogP contribution in [0.4, 0.5) is 0 Å². The van der Waals surface area contributed by atoms with Gasteiger partial charge in [0.05, 0.1) is 12.2 Å². The van der Waals surface area contributed by atoms with E-state index in [2.05, 4.69) is 17.1 Å². The summed E-state index contributed by atoms with van der Waals surface area (Å²) in [7, 11) is 0. The van der Waals surface area contributed by atoms with Crippen LogP contribution < -0.4 is 5.32 Å². The van der Waals surface area contributed by atoms with Gasteiger partial charge in [-0.25, -0.2) is 0 Å². The highest BCUT2D eigenvalue weighted by Crippen LogP contribution is 2.38. The molecular weight excluding hydrogens is 248 g/mol. The summed E-state index contributed by atoms with van der Waals surface area (Å²) in [6.45, 7) is 8.35. The van der Waals surface area contributed by atoms with Crippen LogP contribution in [0, 0.1) is 5.41 Å². The number of likely N-dealkylation sites (tertiary alicyclic amines) is 1. The SMILES string of the molecule is CCCNCC1(CN2CC3CCC(C2)O3)CCCCC1. The summed E-state index contributed by atoms with van der Waals surface area (Å²) in [5, 5.41) is 3.72. The molecule has 1 aliphatic carbocycles. The Morgan fingerprint density at radius 3 is 2.45 bits per heavy atom. The molecule has 2 bridgehead atoms. The smallest absolute Gasteiger partial charge is 0.0707 e. The van der Waals surface area contributed by atoms with E-state index >= 15 is 0 Å². The van der Waals surface area contributed by atoms with Crippen LogP contribution in [0.2, 0.25) is 0 Å². The Morgan fingerprint density at radius 1 is 1.10 bits per heavy atom. The number of hydrogen-bond donors (Lipinski definition) is 1. The molecule has 3 heteroatoms. The van der Waals surface area contributed by atoms with E-state index < -0.39 is 0 Å². The van der Waals surface area contributed by atoms with E-state index in [9.17, 15) is 0 Å². The first-order valence-electron chi connectivity index (χ1n) is 8.88. The summed E-state index contributed by atoms with van der Waals surface area (Å²) < 4.78 is 5.99. The zero-order valence-corrected chi connectivity index (χ0v) is 13.2. The van der Waals surface area contributed by atoms with E-state index in [1.807, 2.05) is 0 Å². The third-order valence-electron chi connectivity index (χ3n) is 5.52. The maximum absolute atomic E-state index is 5.99. The summed E-state index contributed by atoms with van der Waals surface area (Å²) in [5.74, 6) is 0. The summed E-state index contributed by atoms with van der Waals surface area (Å²) in [6.07, 6.45) is 12.1. The van der Waals surface area contributed by atoms with Crippen molar-refractivity contribution >= 4 is 0 Å². The van der Waals surface area contributed by atoms with Gasteiger partial charge in [-0.15, -0.1) is 0 Å². The third-order valence-corrected chi connectivity index (χ3v) is 5.52. The van der Waals surface area contributed by atoms with E-state index in [0.29, 0.717) is 17.6 Å². The Morgan fingerprint density at radius 2 is 1.80 bits per heavy atom. The predicted molar refractivity (Wildman–Crippen MR) is 83.0 cm³/mol. The maximum atomic E-state index is 5.99. The molecule has 2 saturated heterocycles. The second-order valence-electron chi connectivity index (χ2n) is 7.39. The van der Waals surface area contributed by atoms with Gasteiger partial charge in [0.1, 0.15) is 0 Å². The third kappa shape index (κ3) is 3.55. The lowest BCUT2D eigenvalue weighted by Gasteiger charge is -2.43. The van der Waals surface area contributed by atoms with Crippen molar-refractivity contribution in [1.82, 2.24) is 10.2 Å². The average molecular weight is 280 g/mol. The van der Waals surface area contributed by atoms with Crippen molar-refractivity contribution in [3.05, 3.63) is 0 Å². The van der Waals surface area contributed by atoms with Crippen molar-refractivity contribution < 1.29 is 4.74 Å². The van der Waals surface area contributed by atoms with E-state index in [4.69, 9.17) is 4.74 Å². The molecule has 0 spiro atoms. The van der Waals surface area contributed by atoms with Crippen molar-refractivity contribution in [1.29, 1.82) is 0 Å². The molecule has 3 rings (SSSR count). The van der Waals surface area contributed by atoms with Gasteiger partial charge in [0.15, 0.2) is 0 Å². The molecule has 2 aliphatic heterocycles. The van der Waals surface area contributed by atoms with Crippen LogP contribution in [0.1, 0.15) is 58.3 Å². The van der Waals surface area contributed by atoms with Crippen molar-refractivity contribution in [3.8, 4) is 0 Å². The van der Waals surface area contributed by atoms with Crippen molar-refractivity contribution in [2.45, 2.75) is 70.5 Å². The summed E-state index contributed by atoms with van der Waals surface area (Å²) in [6, 6.07) is 0. The van der Waals surface area contributed by atoms with Crippen LogP contribution in [0.3, 0.4) is 0 Å². The molecule has 0 aromatic rings. The fraction of sp³-hybridized carbons (Fsp3) is 1.00. The Balaban J connectivity index is 1.57. The van der Waals surface area contributed by atoms with Gasteiger partial charge in [0, 0.05) is 26.2 Å². The normalized spacial score (nSPS) is 33.5. The minimum absolute atomic E-state index is 0.540. The number of fused-ring (bicyclic) bond motifs is 2. The predicted octanol–water partition coefficient (Wildman–Crippen LogP) is 2.80. The topological polar surface area (TPSA) is 24.5 Å². The lowest BCUT2D eigenvalue weighted by Crippen LogP contribution is -2.51. The van der Waals surface area contributed by atoms with E-state index in [-0.39, 0.29) is 0 Å². The molecule has 20 heavy (non-hydrogen) atoms. The molecular formula is C17H32N2O. The fourth-order valence-electron chi connectivity index (χ4n) is 4.53. The van der Waals surface area contributed by atoms with Gasteiger partial charge in [-0.2, -0.15) is 0 Å². The second-order valence-corrected chi connectivity index (χ2v) is 7.39. The molecule has 0 amide bonds. The van der Waals surface area contributed by atoms with Gasteiger partial charge in [-0.3, -0.25) is 4.90 Å². The van der Waals surface area contributed by atoms with Crippen LogP contribution in [-0.2, 0) is 4.74 Å². The first-order valence-corrected chi connectivity index (χ1v) is 8.88. The summed E-state index contributed by atoms with van der Waals surface area (Å²) >= 11 is 0. The number of nitrogens with one attached hydrogen (secondary N) is 1. The van der Waals surface area contributed by atoms with Gasteiger partial charge in [-0.1, -0.05) is 26.2 Å². The number of hydrogen-bond acceptors (Lipinski definition) is 3. The summed E-state index contributed by atoms with van der Waals surface area (Å²) in [5.41, 5.74) is 0.546. The van der Waals surface area contributed by atoms with Crippen LogP contribution in [0.5, 0.6) is 0 Å². The Kier molecular flexibility index (Phi) is 5.00. The molecule has 3 nitrogen and oxygen atoms in total. The number of nitrogens with zero attached hydrogens (tertiary/aromatic N) is 1. The molecule has 1 N–H and O–H groups in total. The van der Waals surface area contributed by atoms with E-state index in [1.54, 1.807) is 0 Å². The highest BCUT2D eigenvalue weighted by Gasteiger charge is 2.39. The molecule has 2 unspecified atom stereocenters. The minimum Gasteiger partial charge on any atom is -0.372 e. The van der Waals surface area contributed by atoms with E-state index in [0.717, 1.165) is 0 Å². The molecule has 2 heterocycles. The van der Waals surface area contributed by atoms with Gasteiger partial charge in [0.25, 0.3) is 0 Å². The fourth-order valence-corrected chi connectivity index (χ4v) is 4.53. The van der Waals surface area contributed by atoms with Crippen molar-refractivity contribution in [2.75, 3.05) is 32.7 Å².